The van der Waals surface area contributed by atoms with Gasteiger partial charge < -0.3 is 4.74 Å². The third kappa shape index (κ3) is 3.56. The van der Waals surface area contributed by atoms with Gasteiger partial charge in [-0.15, -0.1) is 0 Å². The summed E-state index contributed by atoms with van der Waals surface area (Å²) in [4.78, 5) is 8.08. The molecule has 0 unspecified atom stereocenters. The maximum absolute atomic E-state index is 12.0. The van der Waals surface area contributed by atoms with Crippen molar-refractivity contribution in [3.63, 3.8) is 0 Å². The molecule has 3 nitrogen and oxygen atoms in total. The number of ether oxygens (including phenoxy) is 1. The summed E-state index contributed by atoms with van der Waals surface area (Å²) in [5.41, 5.74) is 0.488. The Morgan fingerprint density at radius 2 is 2.06 bits per heavy atom. The molecule has 1 aromatic heterocycles. The summed E-state index contributed by atoms with van der Waals surface area (Å²) in [5, 5.41) is 0.253. The van der Waals surface area contributed by atoms with Crippen molar-refractivity contribution in [2.45, 2.75) is 33.1 Å². The molecular formula is C10H13ClF2N2O. The summed E-state index contributed by atoms with van der Waals surface area (Å²) < 4.78 is 28.9. The molecule has 0 aromatic carbocycles. The minimum atomic E-state index is -2.53. The fraction of sp³-hybridized carbons (Fsp3) is 0.600. The van der Waals surface area contributed by atoms with E-state index in [1.165, 1.54) is 0 Å². The first-order valence-corrected chi connectivity index (χ1v) is 5.36. The van der Waals surface area contributed by atoms with Gasteiger partial charge in [0.15, 0.2) is 6.61 Å². The van der Waals surface area contributed by atoms with Gasteiger partial charge >= 0.3 is 0 Å². The van der Waals surface area contributed by atoms with Gasteiger partial charge in [0.05, 0.1) is 0 Å². The van der Waals surface area contributed by atoms with E-state index in [4.69, 9.17) is 16.3 Å². The number of aromatic nitrogens is 2. The summed E-state index contributed by atoms with van der Waals surface area (Å²) in [6, 6.07) is 0. The smallest absolute Gasteiger partial charge is 0.272 e. The van der Waals surface area contributed by atoms with Crippen LogP contribution in [-0.4, -0.2) is 23.0 Å². The van der Waals surface area contributed by atoms with Crippen LogP contribution < -0.4 is 4.74 Å². The van der Waals surface area contributed by atoms with E-state index in [2.05, 4.69) is 9.97 Å². The van der Waals surface area contributed by atoms with E-state index in [-0.39, 0.29) is 11.0 Å². The van der Waals surface area contributed by atoms with Crippen LogP contribution in [0.5, 0.6) is 5.88 Å². The third-order valence-electron chi connectivity index (χ3n) is 1.91. The van der Waals surface area contributed by atoms with Gasteiger partial charge in [-0.3, -0.25) is 0 Å². The normalized spacial score (nSPS) is 10.9. The van der Waals surface area contributed by atoms with Crippen molar-refractivity contribution in [2.75, 3.05) is 6.61 Å². The van der Waals surface area contributed by atoms with Crippen LogP contribution >= 0.6 is 11.6 Å². The molecule has 0 saturated heterocycles. The Balaban J connectivity index is 2.88. The maximum Gasteiger partial charge on any atom is 0.272 e. The van der Waals surface area contributed by atoms with E-state index in [0.29, 0.717) is 17.8 Å². The van der Waals surface area contributed by atoms with Crippen molar-refractivity contribution in [3.05, 3.63) is 16.5 Å². The SMILES string of the molecule is CCCc1nc(Cl)c(C)c(OCC(F)F)n1. The molecule has 0 aliphatic carbocycles. The molecule has 0 aliphatic heterocycles. The van der Waals surface area contributed by atoms with Gasteiger partial charge in [0, 0.05) is 12.0 Å². The highest BCUT2D eigenvalue weighted by atomic mass is 35.5. The predicted molar refractivity (Wildman–Crippen MR) is 57.3 cm³/mol. The van der Waals surface area contributed by atoms with Crippen LogP contribution in [0.25, 0.3) is 0 Å². The lowest BCUT2D eigenvalue weighted by molar-refractivity contribution is 0.0790. The highest BCUT2D eigenvalue weighted by Crippen LogP contribution is 2.22. The number of halogens is 3. The largest absolute Gasteiger partial charge is 0.471 e. The summed E-state index contributed by atoms with van der Waals surface area (Å²) >= 11 is 5.85. The van der Waals surface area contributed by atoms with Crippen LogP contribution in [0.15, 0.2) is 0 Å². The first-order valence-electron chi connectivity index (χ1n) is 4.98. The van der Waals surface area contributed by atoms with E-state index in [1.54, 1.807) is 6.92 Å². The lowest BCUT2D eigenvalue weighted by Crippen LogP contribution is -2.10. The first-order chi connectivity index (χ1) is 7.54. The maximum atomic E-state index is 12.0. The van der Waals surface area contributed by atoms with E-state index in [1.807, 2.05) is 6.92 Å². The van der Waals surface area contributed by atoms with E-state index in [0.717, 1.165) is 6.42 Å². The molecule has 1 heterocycles. The fourth-order valence-corrected chi connectivity index (χ4v) is 1.31. The molecule has 1 aromatic rings. The zero-order chi connectivity index (χ0) is 12.1. The molecule has 0 aliphatic rings. The van der Waals surface area contributed by atoms with Gasteiger partial charge in [-0.25, -0.2) is 13.8 Å². The van der Waals surface area contributed by atoms with Gasteiger partial charge in [-0.05, 0) is 13.3 Å². The zero-order valence-corrected chi connectivity index (χ0v) is 9.89. The van der Waals surface area contributed by atoms with Gasteiger partial charge in [0.1, 0.15) is 11.0 Å². The van der Waals surface area contributed by atoms with Crippen LogP contribution in [0, 0.1) is 6.92 Å². The molecule has 0 radical (unpaired) electrons. The Labute approximate surface area is 97.8 Å². The molecule has 0 bridgehead atoms. The van der Waals surface area contributed by atoms with Crippen molar-refractivity contribution in [1.82, 2.24) is 9.97 Å². The van der Waals surface area contributed by atoms with Crippen LogP contribution in [0.3, 0.4) is 0 Å². The second-order valence-corrected chi connectivity index (χ2v) is 3.67. The topological polar surface area (TPSA) is 35.0 Å². The Morgan fingerprint density at radius 3 is 2.62 bits per heavy atom. The minimum absolute atomic E-state index is 0.142. The molecule has 0 amide bonds. The average Bonchev–Trinajstić information content (AvgIpc) is 2.21. The Morgan fingerprint density at radius 1 is 1.38 bits per heavy atom. The van der Waals surface area contributed by atoms with Gasteiger partial charge in [0.25, 0.3) is 6.43 Å². The predicted octanol–water partition coefficient (Wildman–Crippen LogP) is 3.03. The summed E-state index contributed by atoms with van der Waals surface area (Å²) in [6.45, 7) is 2.93. The number of rotatable bonds is 5. The Kier molecular flexibility index (Phi) is 4.86. The summed E-state index contributed by atoms with van der Waals surface area (Å²) in [6.07, 6.45) is -1.03. The molecule has 16 heavy (non-hydrogen) atoms. The second kappa shape index (κ2) is 5.94. The molecule has 1 rings (SSSR count). The number of alkyl halides is 2. The highest BCUT2D eigenvalue weighted by Gasteiger charge is 2.12. The number of hydrogen-bond donors (Lipinski definition) is 0. The van der Waals surface area contributed by atoms with Gasteiger partial charge in [0.2, 0.25) is 5.88 Å². The molecule has 0 atom stereocenters. The van der Waals surface area contributed by atoms with E-state index < -0.39 is 13.0 Å². The van der Waals surface area contributed by atoms with Crippen LogP contribution in [-0.2, 0) is 6.42 Å². The van der Waals surface area contributed by atoms with Crippen LogP contribution in [0.2, 0.25) is 5.15 Å². The molecule has 90 valence electrons. The summed E-state index contributed by atoms with van der Waals surface area (Å²) in [5.74, 6) is 0.658. The standard InChI is InChI=1S/C10H13ClF2N2O/c1-3-4-8-14-9(11)6(2)10(15-8)16-5-7(12)13/h7H,3-5H2,1-2H3. The monoisotopic (exact) mass is 250 g/mol. The van der Waals surface area contributed by atoms with Gasteiger partial charge in [-0.2, -0.15) is 4.98 Å². The lowest BCUT2D eigenvalue weighted by atomic mass is 10.3. The van der Waals surface area contributed by atoms with Crippen LogP contribution in [0.4, 0.5) is 8.78 Å². The Bertz CT molecular complexity index is 361. The lowest BCUT2D eigenvalue weighted by Gasteiger charge is -2.09. The number of hydrogen-bond acceptors (Lipinski definition) is 3. The molecule has 6 heteroatoms. The Hall–Kier alpha value is -0.970. The fourth-order valence-electron chi connectivity index (χ4n) is 1.13. The van der Waals surface area contributed by atoms with Gasteiger partial charge in [-0.1, -0.05) is 18.5 Å². The van der Waals surface area contributed by atoms with Crippen molar-refractivity contribution in [2.24, 2.45) is 0 Å². The van der Waals surface area contributed by atoms with Crippen LogP contribution in [0.1, 0.15) is 24.7 Å². The molecule has 0 N–H and O–H groups in total. The number of aryl methyl sites for hydroxylation is 1. The molecule has 0 spiro atoms. The molecular weight excluding hydrogens is 238 g/mol. The molecule has 0 saturated carbocycles. The minimum Gasteiger partial charge on any atom is -0.471 e. The van der Waals surface area contributed by atoms with Crippen molar-refractivity contribution >= 4 is 11.6 Å². The van der Waals surface area contributed by atoms with E-state index >= 15 is 0 Å². The molecule has 0 fully saturated rings. The van der Waals surface area contributed by atoms with Crippen molar-refractivity contribution in [1.29, 1.82) is 0 Å². The zero-order valence-electron chi connectivity index (χ0n) is 9.14. The average molecular weight is 251 g/mol. The quantitative estimate of drug-likeness (QED) is 0.754. The summed E-state index contributed by atoms with van der Waals surface area (Å²) in [7, 11) is 0. The number of nitrogens with zero attached hydrogens (tertiary/aromatic N) is 2. The van der Waals surface area contributed by atoms with Crippen molar-refractivity contribution < 1.29 is 13.5 Å². The first kappa shape index (κ1) is 13.1. The van der Waals surface area contributed by atoms with E-state index in [9.17, 15) is 8.78 Å². The van der Waals surface area contributed by atoms with Crippen molar-refractivity contribution in [3.8, 4) is 5.88 Å². The highest BCUT2D eigenvalue weighted by molar-refractivity contribution is 6.30. The third-order valence-corrected chi connectivity index (χ3v) is 2.28. The second-order valence-electron chi connectivity index (χ2n) is 3.31.